The lowest BCUT2D eigenvalue weighted by Gasteiger charge is -2.20. The minimum atomic E-state index is -0.741. The molecule has 0 spiro atoms. The first-order valence-corrected chi connectivity index (χ1v) is 9.34. The highest BCUT2D eigenvalue weighted by Gasteiger charge is 2.24. The van der Waals surface area contributed by atoms with Crippen LogP contribution >= 0.6 is 11.6 Å². The molecular formula is C22H22ClN3O3. The van der Waals surface area contributed by atoms with Crippen LogP contribution in [0, 0.1) is 18.3 Å². The number of carbonyl (C=O) groups excluding carboxylic acids is 2. The summed E-state index contributed by atoms with van der Waals surface area (Å²) >= 11 is 5.84. The van der Waals surface area contributed by atoms with Gasteiger partial charge in [0.1, 0.15) is 18.4 Å². The van der Waals surface area contributed by atoms with E-state index in [1.807, 2.05) is 13.8 Å². The third-order valence-electron chi connectivity index (χ3n) is 3.93. The fourth-order valence-electron chi connectivity index (χ4n) is 2.38. The molecule has 0 heterocycles. The zero-order valence-corrected chi connectivity index (χ0v) is 16.9. The van der Waals surface area contributed by atoms with Crippen LogP contribution in [0.4, 0.5) is 0 Å². The Labute approximate surface area is 175 Å². The monoisotopic (exact) mass is 411 g/mol. The predicted molar refractivity (Wildman–Crippen MR) is 114 cm³/mol. The third-order valence-corrected chi connectivity index (χ3v) is 4.18. The van der Waals surface area contributed by atoms with E-state index in [0.29, 0.717) is 16.3 Å². The van der Waals surface area contributed by atoms with Crippen molar-refractivity contribution in [3.05, 3.63) is 64.7 Å². The molecule has 29 heavy (non-hydrogen) atoms. The lowest BCUT2D eigenvalue weighted by Crippen LogP contribution is -2.48. The first-order valence-electron chi connectivity index (χ1n) is 8.96. The average molecular weight is 412 g/mol. The number of ether oxygens (including phenoxy) is 1. The molecule has 1 atom stereocenters. The fourth-order valence-corrected chi connectivity index (χ4v) is 2.50. The zero-order valence-electron chi connectivity index (χ0n) is 16.2. The van der Waals surface area contributed by atoms with Crippen LogP contribution in [-0.4, -0.2) is 30.7 Å². The molecule has 0 aromatic heterocycles. The van der Waals surface area contributed by atoms with E-state index in [0.717, 1.165) is 5.56 Å². The highest BCUT2D eigenvalue weighted by Crippen LogP contribution is 2.12. The average Bonchev–Trinajstić information content (AvgIpc) is 2.71. The van der Waals surface area contributed by atoms with Crippen LogP contribution in [-0.2, 0) is 4.79 Å². The van der Waals surface area contributed by atoms with E-state index in [-0.39, 0.29) is 18.4 Å². The quantitative estimate of drug-likeness (QED) is 0.397. The first-order chi connectivity index (χ1) is 13.9. The number of carbonyl (C=O) groups is 2. The van der Waals surface area contributed by atoms with E-state index in [2.05, 4.69) is 21.8 Å². The molecule has 0 radical (unpaired) electrons. The van der Waals surface area contributed by atoms with E-state index in [4.69, 9.17) is 22.8 Å². The van der Waals surface area contributed by atoms with Gasteiger partial charge < -0.3 is 10.1 Å². The minimum Gasteiger partial charge on any atom is -0.481 e. The van der Waals surface area contributed by atoms with Crippen LogP contribution in [0.5, 0.6) is 5.75 Å². The molecule has 2 amide bonds. The van der Waals surface area contributed by atoms with Crippen molar-refractivity contribution in [1.29, 1.82) is 0 Å². The Morgan fingerprint density at radius 3 is 2.41 bits per heavy atom. The Kier molecular flexibility index (Phi) is 8.26. The summed E-state index contributed by atoms with van der Waals surface area (Å²) in [5.74, 6) is 2.14. The molecule has 2 aromatic carbocycles. The van der Waals surface area contributed by atoms with Crippen molar-refractivity contribution in [3.8, 4) is 18.1 Å². The third kappa shape index (κ3) is 6.98. The maximum absolute atomic E-state index is 12.5. The Balaban J connectivity index is 1.95. The van der Waals surface area contributed by atoms with Crippen molar-refractivity contribution < 1.29 is 14.3 Å². The van der Waals surface area contributed by atoms with Gasteiger partial charge in [-0.15, -0.1) is 6.42 Å². The van der Waals surface area contributed by atoms with E-state index in [1.54, 1.807) is 48.5 Å². The maximum atomic E-state index is 12.5. The van der Waals surface area contributed by atoms with E-state index >= 15 is 0 Å². The van der Waals surface area contributed by atoms with Gasteiger partial charge in [-0.2, -0.15) is 5.10 Å². The van der Waals surface area contributed by atoms with Gasteiger partial charge in [-0.3, -0.25) is 9.59 Å². The number of nitrogens with one attached hydrogen (secondary N) is 2. The summed E-state index contributed by atoms with van der Waals surface area (Å²) < 4.78 is 5.29. The summed E-state index contributed by atoms with van der Waals surface area (Å²) in [6, 6.07) is 12.8. The Morgan fingerprint density at radius 1 is 1.17 bits per heavy atom. The molecule has 0 saturated heterocycles. The topological polar surface area (TPSA) is 79.8 Å². The van der Waals surface area contributed by atoms with Gasteiger partial charge in [0.15, 0.2) is 0 Å². The molecule has 0 aliphatic carbocycles. The molecule has 6 nitrogen and oxygen atoms in total. The number of hydrogen-bond donors (Lipinski definition) is 2. The van der Waals surface area contributed by atoms with Gasteiger partial charge in [0.2, 0.25) is 0 Å². The number of nitrogens with zero attached hydrogens (tertiary/aromatic N) is 1. The normalized spacial score (nSPS) is 11.7. The van der Waals surface area contributed by atoms with Crippen molar-refractivity contribution in [2.45, 2.75) is 19.9 Å². The van der Waals surface area contributed by atoms with E-state index in [1.165, 1.54) is 6.21 Å². The second kappa shape index (κ2) is 10.9. The summed E-state index contributed by atoms with van der Waals surface area (Å²) in [7, 11) is 0. The van der Waals surface area contributed by atoms with Crippen molar-refractivity contribution in [3.63, 3.8) is 0 Å². The van der Waals surface area contributed by atoms with Crippen LogP contribution in [0.25, 0.3) is 0 Å². The van der Waals surface area contributed by atoms with Crippen LogP contribution in [0.1, 0.15) is 29.8 Å². The predicted octanol–water partition coefficient (Wildman–Crippen LogP) is 3.26. The lowest BCUT2D eigenvalue weighted by molar-refractivity contribution is -0.123. The number of hydrogen-bond acceptors (Lipinski definition) is 4. The van der Waals surface area contributed by atoms with Gasteiger partial charge in [-0.1, -0.05) is 31.4 Å². The maximum Gasteiger partial charge on any atom is 0.262 e. The fraction of sp³-hybridized carbons (Fsp3) is 0.227. The lowest BCUT2D eigenvalue weighted by atomic mass is 10.0. The molecule has 1 unspecified atom stereocenters. The molecule has 2 aromatic rings. The second-order valence-electron chi connectivity index (χ2n) is 6.50. The molecule has 0 aliphatic rings. The number of hydrazone groups is 1. The Hall–Kier alpha value is -3.30. The van der Waals surface area contributed by atoms with Crippen LogP contribution in [0.2, 0.25) is 5.02 Å². The number of halogens is 1. The Morgan fingerprint density at radius 2 is 1.83 bits per heavy atom. The van der Waals surface area contributed by atoms with Crippen molar-refractivity contribution >= 4 is 29.6 Å². The molecule has 7 heteroatoms. The Bertz CT molecular complexity index is 900. The van der Waals surface area contributed by atoms with Gasteiger partial charge in [-0.05, 0) is 60.0 Å². The van der Waals surface area contributed by atoms with Crippen LogP contribution < -0.4 is 15.5 Å². The molecule has 0 bridgehead atoms. The SMILES string of the molecule is C#CCOc1ccc(C=NNC(=O)C(NC(=O)c2ccc(Cl)cc2)C(C)C)cc1. The van der Waals surface area contributed by atoms with Crippen molar-refractivity contribution in [1.82, 2.24) is 10.7 Å². The van der Waals surface area contributed by atoms with E-state index in [9.17, 15) is 9.59 Å². The highest BCUT2D eigenvalue weighted by atomic mass is 35.5. The molecule has 150 valence electrons. The van der Waals surface area contributed by atoms with Gasteiger partial charge in [-0.25, -0.2) is 5.43 Å². The van der Waals surface area contributed by atoms with Gasteiger partial charge in [0.25, 0.3) is 11.8 Å². The summed E-state index contributed by atoms with van der Waals surface area (Å²) in [6.07, 6.45) is 6.65. The summed E-state index contributed by atoms with van der Waals surface area (Å²) in [5.41, 5.74) is 3.65. The van der Waals surface area contributed by atoms with Gasteiger partial charge >= 0.3 is 0 Å². The molecule has 0 saturated carbocycles. The van der Waals surface area contributed by atoms with Crippen molar-refractivity contribution in [2.24, 2.45) is 11.0 Å². The standard InChI is InChI=1S/C22H22ClN3O3/c1-4-13-29-19-11-5-16(6-12-19)14-24-26-22(28)20(15(2)3)25-21(27)17-7-9-18(23)10-8-17/h1,5-12,14-15,20H,13H2,2-3H3,(H,25,27)(H,26,28). The second-order valence-corrected chi connectivity index (χ2v) is 6.93. The molecular weight excluding hydrogens is 390 g/mol. The summed E-state index contributed by atoms with van der Waals surface area (Å²) in [5, 5.41) is 7.22. The van der Waals surface area contributed by atoms with Crippen LogP contribution in [0.3, 0.4) is 0 Å². The first kappa shape index (κ1) is 22.0. The summed E-state index contributed by atoms with van der Waals surface area (Å²) in [4.78, 5) is 24.8. The smallest absolute Gasteiger partial charge is 0.262 e. The largest absolute Gasteiger partial charge is 0.481 e. The number of benzene rings is 2. The minimum absolute atomic E-state index is 0.131. The zero-order chi connectivity index (χ0) is 21.2. The molecule has 2 N–H and O–H groups in total. The van der Waals surface area contributed by atoms with E-state index < -0.39 is 11.9 Å². The number of terminal acetylenes is 1. The molecule has 2 rings (SSSR count). The van der Waals surface area contributed by atoms with Gasteiger partial charge in [0.05, 0.1) is 6.21 Å². The molecule has 0 fully saturated rings. The van der Waals surface area contributed by atoms with Gasteiger partial charge in [0, 0.05) is 10.6 Å². The summed E-state index contributed by atoms with van der Waals surface area (Å²) in [6.45, 7) is 3.87. The highest BCUT2D eigenvalue weighted by molar-refractivity contribution is 6.30. The van der Waals surface area contributed by atoms with Crippen molar-refractivity contribution in [2.75, 3.05) is 6.61 Å². The number of amides is 2. The number of rotatable bonds is 8. The molecule has 0 aliphatic heterocycles. The van der Waals surface area contributed by atoms with Crippen LogP contribution in [0.15, 0.2) is 53.6 Å².